The van der Waals surface area contributed by atoms with Crippen LogP contribution in [0.5, 0.6) is 0 Å². The van der Waals surface area contributed by atoms with Gasteiger partial charge in [-0.3, -0.25) is 9.89 Å². The van der Waals surface area contributed by atoms with Gasteiger partial charge in [-0.1, -0.05) is 11.6 Å². The number of carboxylic acid groups (broad SMARTS) is 1. The van der Waals surface area contributed by atoms with Crippen LogP contribution in [0.2, 0.25) is 5.02 Å². The first kappa shape index (κ1) is 9.85. The zero-order chi connectivity index (χ0) is 10.0. The third kappa shape index (κ3) is 2.12. The maximum atomic E-state index is 10.4. The molecule has 0 saturated heterocycles. The molecule has 0 bridgehead atoms. The van der Waals surface area contributed by atoms with Crippen LogP contribution in [0.4, 0.5) is 5.82 Å². The summed E-state index contributed by atoms with van der Waals surface area (Å²) in [5.74, 6) is -0.381. The van der Waals surface area contributed by atoms with Gasteiger partial charge in [-0.2, -0.15) is 5.10 Å². The van der Waals surface area contributed by atoms with E-state index in [1.807, 2.05) is 0 Å². The zero-order valence-electron chi connectivity index (χ0n) is 7.33. The molecule has 0 radical (unpaired) electrons. The maximum Gasteiger partial charge on any atom is 0.309 e. The SMILES string of the molecule is CN(C)c1n[nH]c(CC(=O)O)c1Cl. The number of aromatic nitrogens is 2. The second kappa shape index (κ2) is 3.66. The van der Waals surface area contributed by atoms with Crippen molar-refractivity contribution in [2.24, 2.45) is 0 Å². The fourth-order valence-corrected chi connectivity index (χ4v) is 1.24. The molecule has 1 rings (SSSR count). The van der Waals surface area contributed by atoms with Crippen molar-refractivity contribution in [3.63, 3.8) is 0 Å². The predicted molar refractivity (Wildman–Crippen MR) is 49.3 cm³/mol. The number of hydrogen-bond acceptors (Lipinski definition) is 3. The summed E-state index contributed by atoms with van der Waals surface area (Å²) in [7, 11) is 3.57. The highest BCUT2D eigenvalue weighted by atomic mass is 35.5. The number of aliphatic carboxylic acids is 1. The first-order valence-corrected chi connectivity index (χ1v) is 4.02. The van der Waals surface area contributed by atoms with Gasteiger partial charge < -0.3 is 10.0 Å². The third-order valence-corrected chi connectivity index (χ3v) is 1.91. The molecule has 1 aromatic heterocycles. The molecule has 0 unspecified atom stereocenters. The Balaban J connectivity index is 2.92. The molecule has 2 N–H and O–H groups in total. The van der Waals surface area contributed by atoms with E-state index < -0.39 is 5.97 Å². The first-order chi connectivity index (χ1) is 6.02. The predicted octanol–water partition coefficient (Wildman–Crippen LogP) is 0.756. The number of anilines is 1. The van der Waals surface area contributed by atoms with E-state index in [1.54, 1.807) is 19.0 Å². The Kier molecular flexibility index (Phi) is 2.77. The van der Waals surface area contributed by atoms with Crippen LogP contribution in [-0.4, -0.2) is 35.4 Å². The summed E-state index contributed by atoms with van der Waals surface area (Å²) in [4.78, 5) is 12.1. The van der Waals surface area contributed by atoms with E-state index in [-0.39, 0.29) is 6.42 Å². The molecule has 0 aliphatic heterocycles. The molecule has 0 amide bonds. The molecule has 5 nitrogen and oxygen atoms in total. The number of nitrogens with zero attached hydrogens (tertiary/aromatic N) is 2. The lowest BCUT2D eigenvalue weighted by atomic mass is 10.3. The number of rotatable bonds is 3. The van der Waals surface area contributed by atoms with Crippen LogP contribution < -0.4 is 4.90 Å². The molecular weight excluding hydrogens is 194 g/mol. The second-order valence-corrected chi connectivity index (χ2v) is 3.18. The highest BCUT2D eigenvalue weighted by molar-refractivity contribution is 6.33. The highest BCUT2D eigenvalue weighted by Gasteiger charge is 2.14. The standard InChI is InChI=1S/C7H10ClN3O2/c1-11(2)7-6(8)4(9-10-7)3-5(12)13/h3H2,1-2H3,(H,9,10)(H,12,13). The lowest BCUT2D eigenvalue weighted by Crippen LogP contribution is -2.09. The molecule has 0 aromatic carbocycles. The van der Waals surface area contributed by atoms with Crippen LogP contribution in [0.15, 0.2) is 0 Å². The van der Waals surface area contributed by atoms with E-state index in [1.165, 1.54) is 0 Å². The van der Waals surface area contributed by atoms with E-state index >= 15 is 0 Å². The van der Waals surface area contributed by atoms with Crippen LogP contribution >= 0.6 is 11.6 Å². The van der Waals surface area contributed by atoms with Crippen LogP contribution in [0, 0.1) is 0 Å². The molecule has 0 atom stereocenters. The lowest BCUT2D eigenvalue weighted by Gasteiger charge is -2.07. The summed E-state index contributed by atoms with van der Waals surface area (Å²) < 4.78 is 0. The number of H-pyrrole nitrogens is 1. The fourth-order valence-electron chi connectivity index (χ4n) is 0.918. The molecule has 6 heteroatoms. The number of carbonyl (C=O) groups is 1. The Morgan fingerprint density at radius 2 is 2.31 bits per heavy atom. The molecular formula is C7H10ClN3O2. The van der Waals surface area contributed by atoms with Gasteiger partial charge in [0.15, 0.2) is 5.82 Å². The Hall–Kier alpha value is -1.23. The monoisotopic (exact) mass is 203 g/mol. The number of aromatic amines is 1. The van der Waals surface area contributed by atoms with Gasteiger partial charge in [0.2, 0.25) is 0 Å². The Labute approximate surface area is 80.3 Å². The normalized spacial score (nSPS) is 10.1. The minimum atomic E-state index is -0.934. The Bertz CT molecular complexity index is 322. The van der Waals surface area contributed by atoms with E-state index in [9.17, 15) is 4.79 Å². The van der Waals surface area contributed by atoms with E-state index in [4.69, 9.17) is 16.7 Å². The average Bonchev–Trinajstić information content (AvgIpc) is 2.32. The van der Waals surface area contributed by atoms with Gasteiger partial charge in [0, 0.05) is 14.1 Å². The van der Waals surface area contributed by atoms with Gasteiger partial charge in [-0.25, -0.2) is 0 Å². The molecule has 1 aromatic rings. The third-order valence-electron chi connectivity index (χ3n) is 1.51. The summed E-state index contributed by atoms with van der Waals surface area (Å²) >= 11 is 5.86. The molecule has 72 valence electrons. The van der Waals surface area contributed by atoms with Crippen molar-refractivity contribution in [3.8, 4) is 0 Å². The molecule has 13 heavy (non-hydrogen) atoms. The fraction of sp³-hybridized carbons (Fsp3) is 0.429. The van der Waals surface area contributed by atoms with E-state index in [0.717, 1.165) is 0 Å². The number of hydrogen-bond donors (Lipinski definition) is 2. The van der Waals surface area contributed by atoms with Crippen LogP contribution in [0.25, 0.3) is 0 Å². The number of carboxylic acids is 1. The van der Waals surface area contributed by atoms with Crippen molar-refractivity contribution in [1.82, 2.24) is 10.2 Å². The van der Waals surface area contributed by atoms with Crippen molar-refractivity contribution in [2.45, 2.75) is 6.42 Å². The van der Waals surface area contributed by atoms with Gasteiger partial charge in [-0.05, 0) is 0 Å². The van der Waals surface area contributed by atoms with Gasteiger partial charge in [-0.15, -0.1) is 0 Å². The largest absolute Gasteiger partial charge is 0.481 e. The Morgan fingerprint density at radius 1 is 1.69 bits per heavy atom. The number of halogens is 1. The molecule has 0 spiro atoms. The highest BCUT2D eigenvalue weighted by Crippen LogP contribution is 2.24. The van der Waals surface area contributed by atoms with Gasteiger partial charge in [0.1, 0.15) is 5.02 Å². The zero-order valence-corrected chi connectivity index (χ0v) is 8.09. The van der Waals surface area contributed by atoms with Crippen molar-refractivity contribution in [2.75, 3.05) is 19.0 Å². The van der Waals surface area contributed by atoms with E-state index in [0.29, 0.717) is 16.5 Å². The van der Waals surface area contributed by atoms with Crippen molar-refractivity contribution < 1.29 is 9.90 Å². The summed E-state index contributed by atoms with van der Waals surface area (Å²) in [6.45, 7) is 0. The summed E-state index contributed by atoms with van der Waals surface area (Å²) in [5, 5.41) is 15.3. The van der Waals surface area contributed by atoms with Gasteiger partial charge in [0.25, 0.3) is 0 Å². The summed E-state index contributed by atoms with van der Waals surface area (Å²) in [5.41, 5.74) is 0.429. The first-order valence-electron chi connectivity index (χ1n) is 3.64. The lowest BCUT2D eigenvalue weighted by molar-refractivity contribution is -0.136. The molecule has 0 aliphatic rings. The van der Waals surface area contributed by atoms with Crippen LogP contribution in [0.3, 0.4) is 0 Å². The molecule has 1 heterocycles. The summed E-state index contributed by atoms with van der Waals surface area (Å²) in [6.07, 6.45) is -0.139. The van der Waals surface area contributed by atoms with Crippen molar-refractivity contribution in [3.05, 3.63) is 10.7 Å². The minimum absolute atomic E-state index is 0.139. The number of nitrogens with one attached hydrogen (secondary N) is 1. The quantitative estimate of drug-likeness (QED) is 0.761. The second-order valence-electron chi connectivity index (χ2n) is 2.80. The molecule has 0 saturated carbocycles. The van der Waals surface area contributed by atoms with Crippen molar-refractivity contribution in [1.29, 1.82) is 0 Å². The van der Waals surface area contributed by atoms with Crippen LogP contribution in [0.1, 0.15) is 5.69 Å². The Morgan fingerprint density at radius 3 is 2.69 bits per heavy atom. The molecule has 0 fully saturated rings. The van der Waals surface area contributed by atoms with Crippen LogP contribution in [-0.2, 0) is 11.2 Å². The summed E-state index contributed by atoms with van der Waals surface area (Å²) in [6, 6.07) is 0. The van der Waals surface area contributed by atoms with Crippen molar-refractivity contribution >= 4 is 23.4 Å². The van der Waals surface area contributed by atoms with Gasteiger partial charge in [0.05, 0.1) is 12.1 Å². The smallest absolute Gasteiger partial charge is 0.309 e. The molecule has 0 aliphatic carbocycles. The van der Waals surface area contributed by atoms with E-state index in [2.05, 4.69) is 10.2 Å². The minimum Gasteiger partial charge on any atom is -0.481 e. The van der Waals surface area contributed by atoms with Gasteiger partial charge >= 0.3 is 5.97 Å². The maximum absolute atomic E-state index is 10.4. The topological polar surface area (TPSA) is 69.2 Å². The average molecular weight is 204 g/mol.